The number of carbonyl (C=O) groups is 1. The third-order valence-electron chi connectivity index (χ3n) is 2.62. The highest BCUT2D eigenvalue weighted by Crippen LogP contribution is 2.20. The molecular formula is C12H14N4O2. The lowest BCUT2D eigenvalue weighted by molar-refractivity contribution is 0.0698. The molecule has 2 rings (SSSR count). The molecule has 0 aliphatic heterocycles. The van der Waals surface area contributed by atoms with Gasteiger partial charge >= 0.3 is 5.97 Å². The lowest BCUT2D eigenvalue weighted by Gasteiger charge is -2.07. The fraction of sp³-hybridized carbons (Fsp3) is 0.250. The van der Waals surface area contributed by atoms with E-state index >= 15 is 0 Å². The molecule has 18 heavy (non-hydrogen) atoms. The fourth-order valence-corrected chi connectivity index (χ4v) is 1.60. The van der Waals surface area contributed by atoms with E-state index in [2.05, 4.69) is 10.1 Å². The summed E-state index contributed by atoms with van der Waals surface area (Å²) in [6.45, 7) is 4.05. The van der Waals surface area contributed by atoms with Crippen LogP contribution in [0.15, 0.2) is 24.5 Å². The summed E-state index contributed by atoms with van der Waals surface area (Å²) in [5.41, 5.74) is 6.84. The number of carboxylic acid groups (broad SMARTS) is 1. The van der Waals surface area contributed by atoms with Crippen molar-refractivity contribution in [3.63, 3.8) is 0 Å². The highest BCUT2D eigenvalue weighted by atomic mass is 16.4. The third kappa shape index (κ3) is 2.04. The van der Waals surface area contributed by atoms with E-state index in [9.17, 15) is 4.79 Å². The van der Waals surface area contributed by atoms with Gasteiger partial charge in [-0.3, -0.25) is 0 Å². The van der Waals surface area contributed by atoms with E-state index in [-0.39, 0.29) is 17.2 Å². The largest absolute Gasteiger partial charge is 0.478 e. The van der Waals surface area contributed by atoms with Crippen LogP contribution in [0.5, 0.6) is 0 Å². The first-order chi connectivity index (χ1) is 8.50. The molecule has 0 aliphatic rings. The van der Waals surface area contributed by atoms with Crippen LogP contribution >= 0.6 is 0 Å². The van der Waals surface area contributed by atoms with E-state index in [1.165, 1.54) is 16.9 Å². The van der Waals surface area contributed by atoms with Crippen LogP contribution in [-0.4, -0.2) is 25.8 Å². The number of aromatic nitrogens is 3. The summed E-state index contributed by atoms with van der Waals surface area (Å²) in [5.74, 6) is -0.454. The van der Waals surface area contributed by atoms with Crippen LogP contribution in [0, 0.1) is 0 Å². The molecule has 0 bridgehead atoms. The summed E-state index contributed by atoms with van der Waals surface area (Å²) in [6.07, 6.45) is 3.13. The number of hydrogen-bond donors (Lipinski definition) is 2. The van der Waals surface area contributed by atoms with Crippen LogP contribution in [0.4, 0.5) is 5.69 Å². The minimum Gasteiger partial charge on any atom is -0.478 e. The molecule has 6 nitrogen and oxygen atoms in total. The van der Waals surface area contributed by atoms with Gasteiger partial charge in [0.2, 0.25) is 0 Å². The van der Waals surface area contributed by atoms with Crippen molar-refractivity contribution in [1.29, 1.82) is 0 Å². The minimum absolute atomic E-state index is 0.0293. The summed E-state index contributed by atoms with van der Waals surface area (Å²) in [6, 6.07) is 3.23. The van der Waals surface area contributed by atoms with Crippen molar-refractivity contribution in [2.45, 2.75) is 19.8 Å². The number of pyridine rings is 1. The van der Waals surface area contributed by atoms with Gasteiger partial charge in [0, 0.05) is 12.4 Å². The molecule has 0 spiro atoms. The smallest absolute Gasteiger partial charge is 0.337 e. The van der Waals surface area contributed by atoms with Gasteiger partial charge in [-0.25, -0.2) is 14.5 Å². The highest BCUT2D eigenvalue weighted by Gasteiger charge is 2.14. The van der Waals surface area contributed by atoms with Crippen LogP contribution in [0.1, 0.15) is 35.8 Å². The zero-order chi connectivity index (χ0) is 13.3. The average Bonchev–Trinajstić information content (AvgIpc) is 2.78. The van der Waals surface area contributed by atoms with Crippen molar-refractivity contribution in [3.8, 4) is 5.82 Å². The standard InChI is InChI=1S/C12H14N4O2/c1-7(2)9-4-6-16(15-9)11-10(13)8(12(17)18)3-5-14-11/h3-7H,13H2,1-2H3,(H,17,18). The second-order valence-electron chi connectivity index (χ2n) is 4.24. The highest BCUT2D eigenvalue weighted by molar-refractivity contribution is 5.95. The van der Waals surface area contributed by atoms with Gasteiger partial charge in [-0.05, 0) is 18.1 Å². The van der Waals surface area contributed by atoms with Crippen LogP contribution in [0.3, 0.4) is 0 Å². The van der Waals surface area contributed by atoms with Gasteiger partial charge < -0.3 is 10.8 Å². The Balaban J connectivity index is 2.50. The maximum absolute atomic E-state index is 11.0. The molecular weight excluding hydrogens is 232 g/mol. The Bertz CT molecular complexity index is 590. The van der Waals surface area contributed by atoms with Gasteiger partial charge in [-0.1, -0.05) is 13.8 Å². The van der Waals surface area contributed by atoms with Crippen LogP contribution < -0.4 is 5.73 Å². The van der Waals surface area contributed by atoms with Crippen LogP contribution in [0.25, 0.3) is 5.82 Å². The Kier molecular flexibility index (Phi) is 3.01. The lowest BCUT2D eigenvalue weighted by atomic mass is 10.1. The zero-order valence-corrected chi connectivity index (χ0v) is 10.2. The Morgan fingerprint density at radius 3 is 2.72 bits per heavy atom. The molecule has 0 amide bonds. The van der Waals surface area contributed by atoms with Crippen molar-refractivity contribution in [2.24, 2.45) is 0 Å². The van der Waals surface area contributed by atoms with Gasteiger partial charge in [0.1, 0.15) is 0 Å². The Morgan fingerprint density at radius 2 is 2.17 bits per heavy atom. The molecule has 2 aromatic heterocycles. The summed E-state index contributed by atoms with van der Waals surface area (Å²) in [7, 11) is 0. The first-order valence-electron chi connectivity index (χ1n) is 5.54. The lowest BCUT2D eigenvalue weighted by Crippen LogP contribution is -2.09. The first-order valence-corrected chi connectivity index (χ1v) is 5.54. The predicted molar refractivity (Wildman–Crippen MR) is 66.8 cm³/mol. The van der Waals surface area contributed by atoms with E-state index in [0.29, 0.717) is 5.82 Å². The van der Waals surface area contributed by atoms with Crippen LogP contribution in [0.2, 0.25) is 0 Å². The van der Waals surface area contributed by atoms with E-state index in [4.69, 9.17) is 10.8 Å². The molecule has 0 atom stereocenters. The molecule has 0 saturated heterocycles. The first kappa shape index (κ1) is 12.1. The van der Waals surface area contributed by atoms with Gasteiger partial charge in [0.05, 0.1) is 16.9 Å². The third-order valence-corrected chi connectivity index (χ3v) is 2.62. The molecule has 0 radical (unpaired) electrons. The topological polar surface area (TPSA) is 94.0 Å². The van der Waals surface area contributed by atoms with Crippen molar-refractivity contribution >= 4 is 11.7 Å². The van der Waals surface area contributed by atoms with Crippen molar-refractivity contribution < 1.29 is 9.90 Å². The van der Waals surface area contributed by atoms with E-state index in [0.717, 1.165) is 5.69 Å². The van der Waals surface area contributed by atoms with Gasteiger partial charge in [0.25, 0.3) is 0 Å². The molecule has 0 unspecified atom stereocenters. The molecule has 0 aromatic carbocycles. The second-order valence-corrected chi connectivity index (χ2v) is 4.24. The molecule has 6 heteroatoms. The molecule has 94 valence electrons. The molecule has 2 aromatic rings. The minimum atomic E-state index is -1.08. The van der Waals surface area contributed by atoms with Gasteiger partial charge in [-0.2, -0.15) is 5.10 Å². The van der Waals surface area contributed by atoms with Crippen molar-refractivity contribution in [2.75, 3.05) is 5.73 Å². The summed E-state index contributed by atoms with van der Waals surface area (Å²) in [4.78, 5) is 15.1. The monoisotopic (exact) mass is 246 g/mol. The van der Waals surface area contributed by atoms with E-state index < -0.39 is 5.97 Å². The number of rotatable bonds is 3. The molecule has 0 aliphatic carbocycles. The second kappa shape index (κ2) is 4.48. The molecule has 2 heterocycles. The van der Waals surface area contributed by atoms with E-state index in [1.807, 2.05) is 19.9 Å². The van der Waals surface area contributed by atoms with Crippen molar-refractivity contribution in [3.05, 3.63) is 35.8 Å². The average molecular weight is 246 g/mol. The number of anilines is 1. The summed E-state index contributed by atoms with van der Waals surface area (Å²) in [5, 5.41) is 13.3. The van der Waals surface area contributed by atoms with Crippen molar-refractivity contribution in [1.82, 2.24) is 14.8 Å². The maximum Gasteiger partial charge on any atom is 0.337 e. The zero-order valence-electron chi connectivity index (χ0n) is 10.2. The summed E-state index contributed by atoms with van der Waals surface area (Å²) >= 11 is 0. The number of nitrogens with two attached hydrogens (primary N) is 1. The molecule has 3 N–H and O–H groups in total. The molecule has 0 saturated carbocycles. The quantitative estimate of drug-likeness (QED) is 0.859. The number of hydrogen-bond acceptors (Lipinski definition) is 4. The maximum atomic E-state index is 11.0. The number of carboxylic acids is 1. The Morgan fingerprint density at radius 1 is 1.44 bits per heavy atom. The number of nitrogen functional groups attached to an aromatic ring is 1. The molecule has 0 fully saturated rings. The normalized spacial score (nSPS) is 10.8. The SMILES string of the molecule is CC(C)c1ccn(-c2nccc(C(=O)O)c2N)n1. The van der Waals surface area contributed by atoms with E-state index in [1.54, 1.807) is 6.20 Å². The Hall–Kier alpha value is -2.37. The predicted octanol–water partition coefficient (Wildman–Crippen LogP) is 1.67. The summed E-state index contributed by atoms with van der Waals surface area (Å²) < 4.78 is 1.50. The van der Waals surface area contributed by atoms with Crippen LogP contribution in [-0.2, 0) is 0 Å². The number of aromatic carboxylic acids is 1. The number of nitrogens with zero attached hydrogens (tertiary/aromatic N) is 3. The fourth-order valence-electron chi connectivity index (χ4n) is 1.60. The van der Waals surface area contributed by atoms with Gasteiger partial charge in [-0.15, -0.1) is 0 Å². The van der Waals surface area contributed by atoms with Gasteiger partial charge in [0.15, 0.2) is 5.82 Å². The Labute approximate surface area is 104 Å².